The molecule has 9 heteroatoms. The predicted molar refractivity (Wildman–Crippen MR) is 95.6 cm³/mol. The first-order valence-electron chi connectivity index (χ1n) is 7.68. The maximum atomic E-state index is 12.4. The number of benzene rings is 1. The molecule has 0 saturated carbocycles. The van der Waals surface area contributed by atoms with Gasteiger partial charge in [0.2, 0.25) is 5.75 Å². The Hall–Kier alpha value is -2.68. The minimum Gasteiger partial charge on any atom is -0.493 e. The van der Waals surface area contributed by atoms with E-state index < -0.39 is 17.1 Å². The van der Waals surface area contributed by atoms with Gasteiger partial charge in [0.25, 0.3) is 11.1 Å². The number of aliphatic carboxylic acids is 1. The van der Waals surface area contributed by atoms with E-state index >= 15 is 0 Å². The quantitative estimate of drug-likeness (QED) is 0.686. The van der Waals surface area contributed by atoms with Crippen LogP contribution in [-0.4, -0.2) is 55.0 Å². The molecule has 0 radical (unpaired) electrons. The number of amides is 2. The summed E-state index contributed by atoms with van der Waals surface area (Å²) in [7, 11) is 4.46. The molecule has 0 unspecified atom stereocenters. The van der Waals surface area contributed by atoms with Crippen molar-refractivity contribution in [2.45, 2.75) is 12.8 Å². The highest BCUT2D eigenvalue weighted by molar-refractivity contribution is 8.18. The van der Waals surface area contributed by atoms with Crippen LogP contribution >= 0.6 is 11.8 Å². The smallest absolute Gasteiger partial charge is 0.303 e. The molecule has 0 aromatic heterocycles. The summed E-state index contributed by atoms with van der Waals surface area (Å²) in [5.41, 5.74) is 0.607. The van der Waals surface area contributed by atoms with Crippen molar-refractivity contribution in [1.29, 1.82) is 0 Å². The van der Waals surface area contributed by atoms with E-state index in [1.807, 2.05) is 0 Å². The number of carbonyl (C=O) groups excluding carboxylic acids is 2. The third-order valence-corrected chi connectivity index (χ3v) is 4.54. The normalized spacial score (nSPS) is 15.5. The van der Waals surface area contributed by atoms with Gasteiger partial charge in [0.15, 0.2) is 11.5 Å². The molecule has 8 nitrogen and oxygen atoms in total. The second-order valence-electron chi connectivity index (χ2n) is 5.29. The van der Waals surface area contributed by atoms with E-state index in [1.54, 1.807) is 18.2 Å². The Balaban J connectivity index is 2.25. The van der Waals surface area contributed by atoms with Crippen molar-refractivity contribution in [2.75, 3.05) is 27.9 Å². The maximum absolute atomic E-state index is 12.4. The summed E-state index contributed by atoms with van der Waals surface area (Å²) in [6.45, 7) is 0.0730. The minimum absolute atomic E-state index is 0.0730. The number of carbonyl (C=O) groups is 3. The number of hydrogen-bond acceptors (Lipinski definition) is 7. The zero-order chi connectivity index (χ0) is 19.3. The van der Waals surface area contributed by atoms with Crippen LogP contribution in [0.3, 0.4) is 0 Å². The van der Waals surface area contributed by atoms with Crippen LogP contribution in [0.5, 0.6) is 17.2 Å². The lowest BCUT2D eigenvalue weighted by Gasteiger charge is -2.13. The molecule has 0 spiro atoms. The molecule has 1 aromatic carbocycles. The van der Waals surface area contributed by atoms with Gasteiger partial charge in [-0.1, -0.05) is 0 Å². The lowest BCUT2D eigenvalue weighted by atomic mass is 10.1. The summed E-state index contributed by atoms with van der Waals surface area (Å²) in [6, 6.07) is 3.33. The van der Waals surface area contributed by atoms with Gasteiger partial charge in [0.1, 0.15) is 0 Å². The Morgan fingerprint density at radius 2 is 1.77 bits per heavy atom. The van der Waals surface area contributed by atoms with Crippen molar-refractivity contribution in [3.05, 3.63) is 22.6 Å². The van der Waals surface area contributed by atoms with Crippen molar-refractivity contribution >= 4 is 35.0 Å². The van der Waals surface area contributed by atoms with Gasteiger partial charge >= 0.3 is 5.97 Å². The van der Waals surface area contributed by atoms with E-state index in [9.17, 15) is 14.4 Å². The Bertz CT molecular complexity index is 734. The first kappa shape index (κ1) is 19.6. The number of thioether (sulfide) groups is 1. The number of rotatable bonds is 8. The topological polar surface area (TPSA) is 102 Å². The van der Waals surface area contributed by atoms with Crippen LogP contribution in [0, 0.1) is 0 Å². The van der Waals surface area contributed by atoms with Crippen LogP contribution < -0.4 is 14.2 Å². The van der Waals surface area contributed by atoms with Gasteiger partial charge in [-0.25, -0.2) is 0 Å². The fraction of sp³-hybridized carbons (Fsp3) is 0.353. The molecule has 1 aliphatic heterocycles. The number of carboxylic acid groups (broad SMARTS) is 1. The molecular formula is C17H19NO7S. The molecular weight excluding hydrogens is 362 g/mol. The summed E-state index contributed by atoms with van der Waals surface area (Å²) in [6.07, 6.45) is 1.67. The molecule has 0 atom stereocenters. The molecule has 2 rings (SSSR count). The number of ether oxygens (including phenoxy) is 3. The van der Waals surface area contributed by atoms with E-state index in [4.69, 9.17) is 19.3 Å². The number of carboxylic acids is 1. The summed E-state index contributed by atoms with van der Waals surface area (Å²) >= 11 is 0.811. The number of imide groups is 1. The van der Waals surface area contributed by atoms with Gasteiger partial charge in [-0.15, -0.1) is 0 Å². The number of methoxy groups -OCH3 is 3. The monoisotopic (exact) mass is 381 g/mol. The molecule has 1 saturated heterocycles. The molecule has 0 aliphatic carbocycles. The maximum Gasteiger partial charge on any atom is 0.303 e. The zero-order valence-electron chi connectivity index (χ0n) is 14.6. The van der Waals surface area contributed by atoms with Crippen molar-refractivity contribution in [3.8, 4) is 17.2 Å². The lowest BCUT2D eigenvalue weighted by molar-refractivity contribution is -0.137. The van der Waals surface area contributed by atoms with Crippen LogP contribution in [0.15, 0.2) is 17.0 Å². The van der Waals surface area contributed by atoms with Gasteiger partial charge < -0.3 is 19.3 Å². The van der Waals surface area contributed by atoms with E-state index in [2.05, 4.69) is 0 Å². The highest BCUT2D eigenvalue weighted by Crippen LogP contribution is 2.40. The minimum atomic E-state index is -0.968. The SMILES string of the molecule is COc1cc(/C=C2/SC(=O)N(CCCC(=O)O)C2=O)cc(OC)c1OC. The standard InChI is InChI=1S/C17H19NO7S/c1-23-11-7-10(8-12(24-2)15(11)25-3)9-13-16(21)18(17(22)26-13)6-4-5-14(19)20/h7-9H,4-6H2,1-3H3,(H,19,20)/b13-9+. The third kappa shape index (κ3) is 4.29. The van der Waals surface area contributed by atoms with Crippen LogP contribution in [0.1, 0.15) is 18.4 Å². The highest BCUT2D eigenvalue weighted by atomic mass is 32.2. The molecule has 26 heavy (non-hydrogen) atoms. The van der Waals surface area contributed by atoms with Gasteiger partial charge in [0.05, 0.1) is 26.2 Å². The average molecular weight is 381 g/mol. The van der Waals surface area contributed by atoms with Gasteiger partial charge in [-0.3, -0.25) is 19.3 Å². The summed E-state index contributed by atoms with van der Waals surface area (Å²) in [4.78, 5) is 36.3. The summed E-state index contributed by atoms with van der Waals surface area (Å²) < 4.78 is 15.8. The van der Waals surface area contributed by atoms with E-state index in [0.717, 1.165) is 16.7 Å². The first-order chi connectivity index (χ1) is 12.4. The highest BCUT2D eigenvalue weighted by Gasteiger charge is 2.34. The van der Waals surface area contributed by atoms with Crippen molar-refractivity contribution < 1.29 is 33.7 Å². The molecule has 1 aliphatic rings. The van der Waals surface area contributed by atoms with Crippen LogP contribution in [0.4, 0.5) is 4.79 Å². The van der Waals surface area contributed by atoms with E-state index in [1.165, 1.54) is 21.3 Å². The van der Waals surface area contributed by atoms with Gasteiger partial charge in [-0.05, 0) is 42.0 Å². The fourth-order valence-corrected chi connectivity index (χ4v) is 3.28. The van der Waals surface area contributed by atoms with Crippen LogP contribution in [-0.2, 0) is 9.59 Å². The van der Waals surface area contributed by atoms with Gasteiger partial charge in [0, 0.05) is 13.0 Å². The Morgan fingerprint density at radius 1 is 1.15 bits per heavy atom. The molecule has 0 bridgehead atoms. The Kier molecular flexibility index (Phi) is 6.51. The zero-order valence-corrected chi connectivity index (χ0v) is 15.4. The molecule has 1 N–H and O–H groups in total. The van der Waals surface area contributed by atoms with Crippen molar-refractivity contribution in [3.63, 3.8) is 0 Å². The second kappa shape index (κ2) is 8.61. The van der Waals surface area contributed by atoms with Crippen LogP contribution in [0.2, 0.25) is 0 Å². The number of nitrogens with zero attached hydrogens (tertiary/aromatic N) is 1. The molecule has 1 heterocycles. The molecule has 1 aromatic rings. The Morgan fingerprint density at radius 3 is 2.27 bits per heavy atom. The van der Waals surface area contributed by atoms with Crippen molar-refractivity contribution in [2.24, 2.45) is 0 Å². The average Bonchev–Trinajstić information content (AvgIpc) is 2.87. The Labute approximate surface area is 154 Å². The van der Waals surface area contributed by atoms with Gasteiger partial charge in [-0.2, -0.15) is 0 Å². The van der Waals surface area contributed by atoms with Crippen LogP contribution in [0.25, 0.3) is 6.08 Å². The molecule has 1 fully saturated rings. The van der Waals surface area contributed by atoms with E-state index in [0.29, 0.717) is 22.8 Å². The van der Waals surface area contributed by atoms with Crippen molar-refractivity contribution in [1.82, 2.24) is 4.90 Å². The predicted octanol–water partition coefficient (Wildman–Crippen LogP) is 2.61. The summed E-state index contributed by atoms with van der Waals surface area (Å²) in [5, 5.41) is 8.25. The largest absolute Gasteiger partial charge is 0.493 e. The number of hydrogen-bond donors (Lipinski definition) is 1. The van der Waals surface area contributed by atoms with E-state index in [-0.39, 0.29) is 24.3 Å². The molecule has 2 amide bonds. The fourth-order valence-electron chi connectivity index (χ4n) is 2.42. The summed E-state index contributed by atoms with van der Waals surface area (Å²) in [5.74, 6) is -0.129. The lowest BCUT2D eigenvalue weighted by Crippen LogP contribution is -2.29. The third-order valence-electron chi connectivity index (χ3n) is 3.63. The first-order valence-corrected chi connectivity index (χ1v) is 8.50. The molecule has 140 valence electrons. The second-order valence-corrected chi connectivity index (χ2v) is 6.28.